The number of hydrogen-bond acceptors (Lipinski definition) is 3. The Morgan fingerprint density at radius 3 is 2.71 bits per heavy atom. The zero-order chi connectivity index (χ0) is 17.9. The Balaban J connectivity index is 1.97. The Morgan fingerprint density at radius 1 is 1.33 bits per heavy atom. The van der Waals surface area contributed by atoms with Crippen molar-refractivity contribution in [2.24, 2.45) is 18.9 Å². The summed E-state index contributed by atoms with van der Waals surface area (Å²) in [5.74, 6) is 0.185. The first-order valence-electron chi connectivity index (χ1n) is 8.54. The van der Waals surface area contributed by atoms with E-state index in [1.165, 1.54) is 12.1 Å². The van der Waals surface area contributed by atoms with E-state index in [0.717, 1.165) is 25.1 Å². The average molecular weight is 333 g/mol. The lowest BCUT2D eigenvalue weighted by atomic mass is 9.97. The molecule has 0 aliphatic carbocycles. The Bertz CT molecular complexity index is 679. The number of rotatable bonds is 4. The molecule has 1 aromatic rings. The first-order valence-corrected chi connectivity index (χ1v) is 8.54. The Kier molecular flexibility index (Phi) is 5.80. The van der Waals surface area contributed by atoms with Crippen LogP contribution in [-0.2, 0) is 11.8 Å². The van der Waals surface area contributed by atoms with Crippen LogP contribution in [0.25, 0.3) is 0 Å². The number of likely N-dealkylation sites (tertiary alicyclic amines) is 1. The molecule has 132 valence electrons. The third kappa shape index (κ3) is 4.24. The zero-order valence-electron chi connectivity index (χ0n) is 15.0. The van der Waals surface area contributed by atoms with Crippen molar-refractivity contribution in [3.8, 4) is 0 Å². The summed E-state index contributed by atoms with van der Waals surface area (Å²) in [7, 11) is 1.77. The molecule has 0 unspecified atom stereocenters. The number of aromatic nitrogens is 1. The van der Waals surface area contributed by atoms with Crippen molar-refractivity contribution in [3.63, 3.8) is 0 Å². The molecule has 1 N–H and O–H groups in total. The van der Waals surface area contributed by atoms with Gasteiger partial charge in [0.2, 0.25) is 5.91 Å². The van der Waals surface area contributed by atoms with Gasteiger partial charge in [0, 0.05) is 50.4 Å². The predicted octanol–water partition coefficient (Wildman–Crippen LogP) is 1.32. The molecule has 24 heavy (non-hydrogen) atoms. The van der Waals surface area contributed by atoms with Gasteiger partial charge in [0.1, 0.15) is 5.69 Å². The summed E-state index contributed by atoms with van der Waals surface area (Å²) in [6, 6.07) is 2.87. The second kappa shape index (κ2) is 7.64. The SMILES string of the molecule is Cc1cc(=O)cc(C(=O)NC[C@@H]2CCCN(C(=O)C(C)C)C2)n1C. The van der Waals surface area contributed by atoms with E-state index in [2.05, 4.69) is 5.32 Å². The Hall–Kier alpha value is -2.11. The standard InChI is InChI=1S/C18H27N3O3/c1-12(2)18(24)21-7-5-6-14(11-21)10-19-17(23)16-9-15(22)8-13(3)20(16)4/h8-9,12,14H,5-7,10-11H2,1-4H3,(H,19,23)/t14-/m0/s1. The van der Waals surface area contributed by atoms with Crippen molar-refractivity contribution >= 4 is 11.8 Å². The van der Waals surface area contributed by atoms with Gasteiger partial charge in [0.05, 0.1) is 0 Å². The molecule has 1 aliphatic heterocycles. The molecule has 0 radical (unpaired) electrons. The quantitative estimate of drug-likeness (QED) is 0.903. The van der Waals surface area contributed by atoms with Gasteiger partial charge in [-0.25, -0.2) is 0 Å². The van der Waals surface area contributed by atoms with Crippen LogP contribution in [0.3, 0.4) is 0 Å². The lowest BCUT2D eigenvalue weighted by Gasteiger charge is -2.34. The number of carbonyl (C=O) groups is 2. The van der Waals surface area contributed by atoms with Crippen LogP contribution in [0.5, 0.6) is 0 Å². The van der Waals surface area contributed by atoms with Crippen molar-refractivity contribution in [2.45, 2.75) is 33.6 Å². The van der Waals surface area contributed by atoms with E-state index >= 15 is 0 Å². The van der Waals surface area contributed by atoms with Gasteiger partial charge in [0.25, 0.3) is 5.91 Å². The lowest BCUT2D eigenvalue weighted by Crippen LogP contribution is -2.45. The van der Waals surface area contributed by atoms with E-state index in [9.17, 15) is 14.4 Å². The van der Waals surface area contributed by atoms with Crippen LogP contribution >= 0.6 is 0 Å². The number of pyridine rings is 1. The largest absolute Gasteiger partial charge is 0.350 e. The molecular weight excluding hydrogens is 306 g/mol. The maximum absolute atomic E-state index is 12.4. The first-order chi connectivity index (χ1) is 11.3. The molecule has 1 saturated heterocycles. The van der Waals surface area contributed by atoms with Crippen LogP contribution in [0.1, 0.15) is 42.9 Å². The van der Waals surface area contributed by atoms with E-state index in [4.69, 9.17) is 0 Å². The van der Waals surface area contributed by atoms with Gasteiger partial charge in [-0.2, -0.15) is 0 Å². The average Bonchev–Trinajstić information content (AvgIpc) is 2.55. The summed E-state index contributed by atoms with van der Waals surface area (Å²) in [6.07, 6.45) is 1.96. The minimum absolute atomic E-state index is 0.000148. The fourth-order valence-electron chi connectivity index (χ4n) is 3.11. The first kappa shape index (κ1) is 18.2. The van der Waals surface area contributed by atoms with Gasteiger partial charge in [0.15, 0.2) is 5.43 Å². The number of carbonyl (C=O) groups excluding carboxylic acids is 2. The summed E-state index contributed by atoms with van der Waals surface area (Å²) in [4.78, 5) is 38.0. The number of nitrogens with zero attached hydrogens (tertiary/aromatic N) is 2. The number of piperidine rings is 1. The third-order valence-corrected chi connectivity index (χ3v) is 4.63. The highest BCUT2D eigenvalue weighted by Crippen LogP contribution is 2.18. The molecule has 1 aliphatic rings. The summed E-state index contributed by atoms with van der Waals surface area (Å²) < 4.78 is 1.71. The second-order valence-corrected chi connectivity index (χ2v) is 6.93. The predicted molar refractivity (Wildman–Crippen MR) is 92.9 cm³/mol. The van der Waals surface area contributed by atoms with Gasteiger partial charge in [-0.15, -0.1) is 0 Å². The van der Waals surface area contributed by atoms with E-state index < -0.39 is 0 Å². The van der Waals surface area contributed by atoms with Crippen molar-refractivity contribution in [2.75, 3.05) is 19.6 Å². The molecule has 1 aromatic heterocycles. The highest BCUT2D eigenvalue weighted by molar-refractivity contribution is 5.92. The summed E-state index contributed by atoms with van der Waals surface area (Å²) >= 11 is 0. The van der Waals surface area contributed by atoms with Crippen LogP contribution in [0.15, 0.2) is 16.9 Å². The minimum Gasteiger partial charge on any atom is -0.350 e. The van der Waals surface area contributed by atoms with Gasteiger partial charge < -0.3 is 14.8 Å². The molecule has 2 rings (SSSR count). The molecule has 0 bridgehead atoms. The maximum atomic E-state index is 12.4. The molecule has 1 fully saturated rings. The molecule has 2 heterocycles. The highest BCUT2D eigenvalue weighted by Gasteiger charge is 2.25. The van der Waals surface area contributed by atoms with Gasteiger partial charge >= 0.3 is 0 Å². The second-order valence-electron chi connectivity index (χ2n) is 6.93. The summed E-state index contributed by atoms with van der Waals surface area (Å²) in [6.45, 7) is 7.62. The molecular formula is C18H27N3O3. The molecule has 6 nitrogen and oxygen atoms in total. The van der Waals surface area contributed by atoms with E-state index in [1.54, 1.807) is 18.5 Å². The van der Waals surface area contributed by atoms with Crippen LogP contribution in [0, 0.1) is 18.8 Å². The fourth-order valence-corrected chi connectivity index (χ4v) is 3.11. The fraction of sp³-hybridized carbons (Fsp3) is 0.611. The van der Waals surface area contributed by atoms with Crippen molar-refractivity contribution < 1.29 is 9.59 Å². The van der Waals surface area contributed by atoms with Crippen LogP contribution in [0.4, 0.5) is 0 Å². The van der Waals surface area contributed by atoms with Crippen LogP contribution < -0.4 is 10.7 Å². The zero-order valence-corrected chi connectivity index (χ0v) is 15.0. The van der Waals surface area contributed by atoms with Crippen molar-refractivity contribution in [1.29, 1.82) is 0 Å². The molecule has 0 aromatic carbocycles. The third-order valence-electron chi connectivity index (χ3n) is 4.63. The van der Waals surface area contributed by atoms with Crippen LogP contribution in [-0.4, -0.2) is 40.9 Å². The topological polar surface area (TPSA) is 71.4 Å². The number of hydrogen-bond donors (Lipinski definition) is 1. The number of amides is 2. The van der Waals surface area contributed by atoms with Gasteiger partial charge in [-0.1, -0.05) is 13.8 Å². The summed E-state index contributed by atoms with van der Waals surface area (Å²) in [5.41, 5.74) is 0.951. The lowest BCUT2D eigenvalue weighted by molar-refractivity contribution is -0.136. The van der Waals surface area contributed by atoms with E-state index in [0.29, 0.717) is 18.8 Å². The molecule has 2 amide bonds. The Morgan fingerprint density at radius 2 is 2.04 bits per heavy atom. The molecule has 0 spiro atoms. The van der Waals surface area contributed by atoms with Crippen molar-refractivity contribution in [1.82, 2.24) is 14.8 Å². The number of aryl methyl sites for hydroxylation is 1. The van der Waals surface area contributed by atoms with Crippen LogP contribution in [0.2, 0.25) is 0 Å². The van der Waals surface area contributed by atoms with Gasteiger partial charge in [-0.3, -0.25) is 14.4 Å². The molecule has 6 heteroatoms. The minimum atomic E-state index is -0.245. The normalized spacial score (nSPS) is 17.9. The summed E-state index contributed by atoms with van der Waals surface area (Å²) in [5, 5.41) is 2.92. The molecule has 1 atom stereocenters. The number of nitrogens with one attached hydrogen (secondary N) is 1. The monoisotopic (exact) mass is 333 g/mol. The van der Waals surface area contributed by atoms with E-state index in [-0.39, 0.29) is 29.1 Å². The highest BCUT2D eigenvalue weighted by atomic mass is 16.2. The van der Waals surface area contributed by atoms with Crippen molar-refractivity contribution in [3.05, 3.63) is 33.7 Å². The smallest absolute Gasteiger partial charge is 0.268 e. The van der Waals surface area contributed by atoms with E-state index in [1.807, 2.05) is 18.7 Å². The maximum Gasteiger partial charge on any atom is 0.268 e. The Labute approximate surface area is 142 Å². The van der Waals surface area contributed by atoms with Gasteiger partial charge in [-0.05, 0) is 25.7 Å². The molecule has 0 saturated carbocycles.